The van der Waals surface area contributed by atoms with Gasteiger partial charge in [-0.15, -0.1) is 0 Å². The molecular weight excluding hydrogens is 330 g/mol. The minimum atomic E-state index is -3.67. The summed E-state index contributed by atoms with van der Waals surface area (Å²) in [5.41, 5.74) is 7.11. The molecule has 1 aromatic carbocycles. The van der Waals surface area contributed by atoms with Crippen molar-refractivity contribution >= 4 is 37.3 Å². The van der Waals surface area contributed by atoms with Crippen LogP contribution in [0.4, 0.5) is 11.4 Å². The predicted octanol–water partition coefficient (Wildman–Crippen LogP) is 2.54. The molecule has 100 valence electrons. The molecule has 19 heavy (non-hydrogen) atoms. The molecule has 0 radical (unpaired) electrons. The van der Waals surface area contributed by atoms with Crippen LogP contribution in [0.5, 0.6) is 0 Å². The number of nitrogens with one attached hydrogen (secondary N) is 1. The second-order valence-corrected chi connectivity index (χ2v) is 6.46. The summed E-state index contributed by atoms with van der Waals surface area (Å²) in [5.74, 6) is 0. The predicted molar refractivity (Wildman–Crippen MR) is 78.3 cm³/mol. The molecule has 0 atom stereocenters. The summed E-state index contributed by atoms with van der Waals surface area (Å²) in [6.07, 6.45) is 1.60. The van der Waals surface area contributed by atoms with Crippen LogP contribution >= 0.6 is 15.9 Å². The van der Waals surface area contributed by atoms with Crippen molar-refractivity contribution in [2.75, 3.05) is 10.5 Å². The summed E-state index contributed by atoms with van der Waals surface area (Å²) >= 11 is 3.22. The Morgan fingerprint density at radius 1 is 1.32 bits per heavy atom. The highest BCUT2D eigenvalue weighted by molar-refractivity contribution is 9.10. The molecule has 0 aliphatic carbocycles. The fourth-order valence-electron chi connectivity index (χ4n) is 1.48. The minimum Gasteiger partial charge on any atom is -0.398 e. The molecule has 2 rings (SSSR count). The van der Waals surface area contributed by atoms with Crippen LogP contribution in [0.1, 0.15) is 5.69 Å². The lowest BCUT2D eigenvalue weighted by Gasteiger charge is -2.10. The zero-order valence-corrected chi connectivity index (χ0v) is 12.5. The molecule has 0 amide bonds. The zero-order valence-electron chi connectivity index (χ0n) is 10.1. The second kappa shape index (κ2) is 5.18. The van der Waals surface area contributed by atoms with E-state index in [4.69, 9.17) is 5.73 Å². The molecule has 2 aromatic rings. The largest absolute Gasteiger partial charge is 0.398 e. The van der Waals surface area contributed by atoms with E-state index in [0.717, 1.165) is 0 Å². The molecule has 1 aromatic heterocycles. The van der Waals surface area contributed by atoms with Gasteiger partial charge in [0.05, 0.1) is 16.3 Å². The molecule has 3 N–H and O–H groups in total. The highest BCUT2D eigenvalue weighted by Crippen LogP contribution is 2.24. The van der Waals surface area contributed by atoms with Gasteiger partial charge in [0.2, 0.25) is 0 Å². The third-order valence-electron chi connectivity index (χ3n) is 2.53. The molecule has 0 aliphatic rings. The number of hydrogen-bond acceptors (Lipinski definition) is 4. The molecule has 0 bridgehead atoms. The van der Waals surface area contributed by atoms with Crippen molar-refractivity contribution in [3.05, 3.63) is 46.7 Å². The fourth-order valence-corrected chi connectivity index (χ4v) is 2.88. The molecule has 1 heterocycles. The van der Waals surface area contributed by atoms with E-state index in [2.05, 4.69) is 25.6 Å². The molecule has 7 heteroatoms. The first-order valence-electron chi connectivity index (χ1n) is 5.39. The number of hydrogen-bond donors (Lipinski definition) is 2. The van der Waals surface area contributed by atoms with Crippen LogP contribution in [-0.4, -0.2) is 13.4 Å². The molecule has 0 unspecified atom stereocenters. The van der Waals surface area contributed by atoms with Gasteiger partial charge < -0.3 is 5.73 Å². The minimum absolute atomic E-state index is 0.108. The van der Waals surface area contributed by atoms with Gasteiger partial charge in [0, 0.05) is 16.4 Å². The quantitative estimate of drug-likeness (QED) is 0.840. The van der Waals surface area contributed by atoms with Gasteiger partial charge in [0.15, 0.2) is 0 Å². The Kier molecular flexibility index (Phi) is 3.77. The fraction of sp³-hybridized carbons (Fsp3) is 0.0833. The van der Waals surface area contributed by atoms with Crippen molar-refractivity contribution in [3.63, 3.8) is 0 Å². The lowest BCUT2D eigenvalue weighted by molar-refractivity contribution is 0.601. The van der Waals surface area contributed by atoms with E-state index in [1.807, 2.05) is 0 Å². The standard InChI is InChI=1S/C12H12BrN3O2S/c1-8-12(3-2-6-15-8)16-19(17,18)9-4-5-10(13)11(14)7-9/h2-7,16H,14H2,1H3. The number of anilines is 2. The number of pyridine rings is 1. The van der Waals surface area contributed by atoms with Gasteiger partial charge >= 0.3 is 0 Å². The van der Waals surface area contributed by atoms with Gasteiger partial charge in [0.25, 0.3) is 10.0 Å². The third kappa shape index (κ3) is 3.05. The first-order valence-corrected chi connectivity index (χ1v) is 7.67. The summed E-state index contributed by atoms with van der Waals surface area (Å²) in [6, 6.07) is 7.80. The molecule has 0 spiro atoms. The van der Waals surface area contributed by atoms with Gasteiger partial charge in [0.1, 0.15) is 0 Å². The number of nitrogens with two attached hydrogens (primary N) is 1. The Labute approximate surface area is 120 Å². The molecule has 5 nitrogen and oxygen atoms in total. The maximum Gasteiger partial charge on any atom is 0.262 e. The average molecular weight is 342 g/mol. The van der Waals surface area contributed by atoms with Crippen molar-refractivity contribution in [1.29, 1.82) is 0 Å². The molecule has 0 saturated heterocycles. The number of sulfonamides is 1. The van der Waals surface area contributed by atoms with Crippen molar-refractivity contribution in [3.8, 4) is 0 Å². The molecule has 0 saturated carbocycles. The summed E-state index contributed by atoms with van der Waals surface area (Å²) in [6.45, 7) is 1.73. The van der Waals surface area contributed by atoms with E-state index >= 15 is 0 Å². The maximum absolute atomic E-state index is 12.2. The van der Waals surface area contributed by atoms with Gasteiger partial charge in [-0.1, -0.05) is 0 Å². The Bertz CT molecular complexity index is 717. The Hall–Kier alpha value is -1.60. The molecular formula is C12H12BrN3O2S. The van der Waals surface area contributed by atoms with E-state index in [-0.39, 0.29) is 4.90 Å². The van der Waals surface area contributed by atoms with E-state index in [1.165, 1.54) is 12.1 Å². The van der Waals surface area contributed by atoms with Crippen molar-refractivity contribution in [2.45, 2.75) is 11.8 Å². The van der Waals surface area contributed by atoms with Crippen LogP contribution < -0.4 is 10.5 Å². The highest BCUT2D eigenvalue weighted by Gasteiger charge is 2.16. The first-order chi connectivity index (χ1) is 8.90. The number of nitrogens with zero attached hydrogens (tertiary/aromatic N) is 1. The Balaban J connectivity index is 2.38. The van der Waals surface area contributed by atoms with Crippen LogP contribution in [0.25, 0.3) is 0 Å². The average Bonchev–Trinajstić information content (AvgIpc) is 2.35. The third-order valence-corrected chi connectivity index (χ3v) is 4.61. The lowest BCUT2D eigenvalue weighted by atomic mass is 10.3. The second-order valence-electron chi connectivity index (χ2n) is 3.93. The Morgan fingerprint density at radius 2 is 2.05 bits per heavy atom. The van der Waals surface area contributed by atoms with Crippen LogP contribution in [0.2, 0.25) is 0 Å². The number of aromatic nitrogens is 1. The van der Waals surface area contributed by atoms with Gasteiger partial charge in [-0.2, -0.15) is 0 Å². The number of aryl methyl sites for hydroxylation is 1. The van der Waals surface area contributed by atoms with E-state index in [0.29, 0.717) is 21.5 Å². The van der Waals surface area contributed by atoms with E-state index in [9.17, 15) is 8.42 Å². The summed E-state index contributed by atoms with van der Waals surface area (Å²) < 4.78 is 27.6. The highest BCUT2D eigenvalue weighted by atomic mass is 79.9. The summed E-state index contributed by atoms with van der Waals surface area (Å²) in [5, 5.41) is 0. The number of nitrogen functional groups attached to an aromatic ring is 1. The number of halogens is 1. The lowest BCUT2D eigenvalue weighted by Crippen LogP contribution is -2.14. The Morgan fingerprint density at radius 3 is 2.68 bits per heavy atom. The van der Waals surface area contributed by atoms with Crippen LogP contribution in [-0.2, 0) is 10.0 Å². The number of rotatable bonds is 3. The van der Waals surface area contributed by atoms with Crippen molar-refractivity contribution < 1.29 is 8.42 Å². The first kappa shape index (κ1) is 13.8. The topological polar surface area (TPSA) is 85.1 Å². The maximum atomic E-state index is 12.2. The normalized spacial score (nSPS) is 11.3. The van der Waals surface area contributed by atoms with Crippen LogP contribution in [0.15, 0.2) is 45.9 Å². The van der Waals surface area contributed by atoms with Gasteiger partial charge in [-0.05, 0) is 53.2 Å². The van der Waals surface area contributed by atoms with Crippen LogP contribution in [0.3, 0.4) is 0 Å². The van der Waals surface area contributed by atoms with Crippen LogP contribution in [0, 0.1) is 6.92 Å². The van der Waals surface area contributed by atoms with E-state index in [1.54, 1.807) is 31.3 Å². The SMILES string of the molecule is Cc1ncccc1NS(=O)(=O)c1ccc(Br)c(N)c1. The number of benzene rings is 1. The smallest absolute Gasteiger partial charge is 0.262 e. The molecule has 0 aliphatic heterocycles. The van der Waals surface area contributed by atoms with Gasteiger partial charge in [-0.3, -0.25) is 9.71 Å². The van der Waals surface area contributed by atoms with E-state index < -0.39 is 10.0 Å². The monoisotopic (exact) mass is 341 g/mol. The van der Waals surface area contributed by atoms with Crippen molar-refractivity contribution in [2.24, 2.45) is 0 Å². The summed E-state index contributed by atoms with van der Waals surface area (Å²) in [7, 11) is -3.67. The summed E-state index contributed by atoms with van der Waals surface area (Å²) in [4.78, 5) is 4.14. The van der Waals surface area contributed by atoms with Gasteiger partial charge in [-0.25, -0.2) is 8.42 Å². The van der Waals surface area contributed by atoms with Crippen molar-refractivity contribution in [1.82, 2.24) is 4.98 Å². The zero-order chi connectivity index (χ0) is 14.0. The molecule has 0 fully saturated rings.